The number of hydrogen-bond donors (Lipinski definition) is 2. The zero-order valence-corrected chi connectivity index (χ0v) is 10.5. The van der Waals surface area contributed by atoms with Crippen LogP contribution in [0.15, 0.2) is 0 Å². The van der Waals surface area contributed by atoms with Crippen molar-refractivity contribution in [1.82, 2.24) is 9.80 Å². The van der Waals surface area contributed by atoms with Crippen LogP contribution in [0, 0.1) is 5.92 Å². The zero-order chi connectivity index (χ0) is 13.1. The molecular formula is C12H21N3O3. The van der Waals surface area contributed by atoms with Crippen LogP contribution < -0.4 is 5.73 Å². The second kappa shape index (κ2) is 5.56. The number of nitrogens with two attached hydrogens (primary N) is 1. The van der Waals surface area contributed by atoms with Crippen molar-refractivity contribution in [3.8, 4) is 0 Å². The van der Waals surface area contributed by atoms with Crippen LogP contribution in [-0.2, 0) is 4.79 Å². The molecule has 0 bridgehead atoms. The molecule has 0 aliphatic carbocycles. The van der Waals surface area contributed by atoms with Gasteiger partial charge in [0, 0.05) is 32.2 Å². The Hall–Kier alpha value is -1.30. The number of carboxylic acid groups (broad SMARTS) is 1. The molecule has 102 valence electrons. The molecule has 6 heteroatoms. The SMILES string of the molecule is NC1CCN(C(=O)N2CCCC(C(=O)O)C2)CC1. The van der Waals surface area contributed by atoms with Gasteiger partial charge in [-0.2, -0.15) is 0 Å². The van der Waals surface area contributed by atoms with Crippen LogP contribution >= 0.6 is 0 Å². The van der Waals surface area contributed by atoms with Crippen LogP contribution in [0.25, 0.3) is 0 Å². The summed E-state index contributed by atoms with van der Waals surface area (Å²) in [5, 5.41) is 9.01. The molecule has 2 aliphatic heterocycles. The van der Waals surface area contributed by atoms with E-state index in [1.165, 1.54) is 0 Å². The highest BCUT2D eigenvalue weighted by Gasteiger charge is 2.31. The number of hydrogen-bond acceptors (Lipinski definition) is 3. The summed E-state index contributed by atoms with van der Waals surface area (Å²) < 4.78 is 0. The number of carbonyl (C=O) groups excluding carboxylic acids is 1. The molecule has 18 heavy (non-hydrogen) atoms. The first-order chi connectivity index (χ1) is 8.58. The fourth-order valence-corrected chi connectivity index (χ4v) is 2.64. The molecule has 0 aromatic heterocycles. The van der Waals surface area contributed by atoms with E-state index in [9.17, 15) is 9.59 Å². The molecule has 2 heterocycles. The van der Waals surface area contributed by atoms with Crippen molar-refractivity contribution in [3.63, 3.8) is 0 Å². The van der Waals surface area contributed by atoms with E-state index in [-0.39, 0.29) is 12.1 Å². The second-order valence-electron chi connectivity index (χ2n) is 5.23. The lowest BCUT2D eigenvalue weighted by molar-refractivity contribution is -0.143. The minimum absolute atomic E-state index is 0.0205. The van der Waals surface area contributed by atoms with Crippen molar-refractivity contribution < 1.29 is 14.7 Å². The number of piperidine rings is 2. The molecule has 2 aliphatic rings. The second-order valence-corrected chi connectivity index (χ2v) is 5.23. The van der Waals surface area contributed by atoms with Gasteiger partial charge in [0.15, 0.2) is 0 Å². The Morgan fingerprint density at radius 2 is 1.72 bits per heavy atom. The number of likely N-dealkylation sites (tertiary alicyclic amines) is 2. The van der Waals surface area contributed by atoms with Gasteiger partial charge in [-0.05, 0) is 25.7 Å². The summed E-state index contributed by atoms with van der Waals surface area (Å²) in [6.07, 6.45) is 3.12. The molecule has 0 radical (unpaired) electrons. The molecule has 2 amide bonds. The maximum atomic E-state index is 12.2. The normalized spacial score (nSPS) is 26.2. The van der Waals surface area contributed by atoms with Crippen LogP contribution in [0.2, 0.25) is 0 Å². The van der Waals surface area contributed by atoms with E-state index in [1.807, 2.05) is 0 Å². The van der Waals surface area contributed by atoms with Crippen molar-refractivity contribution in [2.75, 3.05) is 26.2 Å². The molecule has 0 saturated carbocycles. The van der Waals surface area contributed by atoms with Gasteiger partial charge in [-0.3, -0.25) is 4.79 Å². The van der Waals surface area contributed by atoms with E-state index in [0.29, 0.717) is 32.6 Å². The highest BCUT2D eigenvalue weighted by atomic mass is 16.4. The number of nitrogens with zero attached hydrogens (tertiary/aromatic N) is 2. The molecule has 6 nitrogen and oxygen atoms in total. The Balaban J connectivity index is 1.90. The number of urea groups is 1. The number of amides is 2. The lowest BCUT2D eigenvalue weighted by Crippen LogP contribution is -2.52. The lowest BCUT2D eigenvalue weighted by atomic mass is 9.98. The van der Waals surface area contributed by atoms with Gasteiger partial charge >= 0.3 is 12.0 Å². The fraction of sp³-hybridized carbons (Fsp3) is 0.833. The van der Waals surface area contributed by atoms with Crippen molar-refractivity contribution >= 4 is 12.0 Å². The average Bonchev–Trinajstić information content (AvgIpc) is 2.39. The molecule has 2 fully saturated rings. The molecule has 1 unspecified atom stereocenters. The molecular weight excluding hydrogens is 234 g/mol. The predicted octanol–water partition coefficient (Wildman–Crippen LogP) is 0.326. The quantitative estimate of drug-likeness (QED) is 0.706. The van der Waals surface area contributed by atoms with Gasteiger partial charge in [-0.15, -0.1) is 0 Å². The highest BCUT2D eigenvalue weighted by molar-refractivity contribution is 5.76. The molecule has 2 saturated heterocycles. The van der Waals surface area contributed by atoms with Crippen molar-refractivity contribution in [3.05, 3.63) is 0 Å². The van der Waals surface area contributed by atoms with Crippen LogP contribution in [0.4, 0.5) is 4.79 Å². The topological polar surface area (TPSA) is 86.9 Å². The number of carboxylic acids is 1. The number of aliphatic carboxylic acids is 1. The van der Waals surface area contributed by atoms with Gasteiger partial charge in [0.25, 0.3) is 0 Å². The minimum Gasteiger partial charge on any atom is -0.481 e. The summed E-state index contributed by atoms with van der Waals surface area (Å²) >= 11 is 0. The van der Waals surface area contributed by atoms with Crippen molar-refractivity contribution in [2.45, 2.75) is 31.7 Å². The largest absolute Gasteiger partial charge is 0.481 e. The molecule has 0 aromatic carbocycles. The Bertz CT molecular complexity index is 327. The summed E-state index contributed by atoms with van der Waals surface area (Å²) in [7, 11) is 0. The van der Waals surface area contributed by atoms with Gasteiger partial charge in [-0.25, -0.2) is 4.79 Å². The van der Waals surface area contributed by atoms with E-state index in [1.54, 1.807) is 9.80 Å². The summed E-state index contributed by atoms with van der Waals surface area (Å²) in [5.74, 6) is -1.21. The zero-order valence-electron chi connectivity index (χ0n) is 10.5. The van der Waals surface area contributed by atoms with E-state index >= 15 is 0 Å². The lowest BCUT2D eigenvalue weighted by Gasteiger charge is -2.37. The van der Waals surface area contributed by atoms with Crippen LogP contribution in [-0.4, -0.2) is 59.1 Å². The van der Waals surface area contributed by atoms with Crippen LogP contribution in [0.3, 0.4) is 0 Å². The summed E-state index contributed by atoms with van der Waals surface area (Å²) in [6, 6.07) is 0.176. The minimum atomic E-state index is -0.798. The monoisotopic (exact) mass is 255 g/mol. The number of rotatable bonds is 1. The molecule has 1 atom stereocenters. The third kappa shape index (κ3) is 2.93. The van der Waals surface area contributed by atoms with Crippen LogP contribution in [0.1, 0.15) is 25.7 Å². The highest BCUT2D eigenvalue weighted by Crippen LogP contribution is 2.19. The fourth-order valence-electron chi connectivity index (χ4n) is 2.64. The van der Waals surface area contributed by atoms with Gasteiger partial charge in [0.05, 0.1) is 5.92 Å². The van der Waals surface area contributed by atoms with Gasteiger partial charge < -0.3 is 20.6 Å². The van der Waals surface area contributed by atoms with Crippen molar-refractivity contribution in [2.24, 2.45) is 11.7 Å². The van der Waals surface area contributed by atoms with Crippen molar-refractivity contribution in [1.29, 1.82) is 0 Å². The molecule has 2 rings (SSSR count). The Kier molecular flexibility index (Phi) is 4.06. The smallest absolute Gasteiger partial charge is 0.320 e. The number of carbonyl (C=O) groups is 2. The summed E-state index contributed by atoms with van der Waals surface area (Å²) in [5.41, 5.74) is 5.81. The summed E-state index contributed by atoms with van der Waals surface area (Å²) in [6.45, 7) is 2.39. The van der Waals surface area contributed by atoms with Gasteiger partial charge in [0.1, 0.15) is 0 Å². The first-order valence-corrected chi connectivity index (χ1v) is 6.60. The van der Waals surface area contributed by atoms with E-state index in [0.717, 1.165) is 19.3 Å². The average molecular weight is 255 g/mol. The summed E-state index contributed by atoms with van der Waals surface area (Å²) in [4.78, 5) is 26.7. The van der Waals surface area contributed by atoms with Gasteiger partial charge in [-0.1, -0.05) is 0 Å². The molecule has 0 spiro atoms. The van der Waals surface area contributed by atoms with Crippen LogP contribution in [0.5, 0.6) is 0 Å². The maximum absolute atomic E-state index is 12.2. The first-order valence-electron chi connectivity index (χ1n) is 6.60. The molecule has 3 N–H and O–H groups in total. The third-order valence-electron chi connectivity index (χ3n) is 3.85. The Morgan fingerprint density at radius 1 is 1.06 bits per heavy atom. The van der Waals surface area contributed by atoms with E-state index in [2.05, 4.69) is 0 Å². The maximum Gasteiger partial charge on any atom is 0.320 e. The molecule has 0 aromatic rings. The Labute approximate surface area is 107 Å². The standard InChI is InChI=1S/C12H21N3O3/c13-10-3-6-14(7-4-10)12(18)15-5-1-2-9(8-15)11(16)17/h9-10H,1-8,13H2,(H,16,17). The van der Waals surface area contributed by atoms with E-state index < -0.39 is 11.9 Å². The van der Waals surface area contributed by atoms with Gasteiger partial charge in [0.2, 0.25) is 0 Å². The third-order valence-corrected chi connectivity index (χ3v) is 3.85. The first kappa shape index (κ1) is 13.1. The predicted molar refractivity (Wildman–Crippen MR) is 66.1 cm³/mol. The van der Waals surface area contributed by atoms with E-state index in [4.69, 9.17) is 10.8 Å². The Morgan fingerprint density at radius 3 is 2.33 bits per heavy atom.